The fourth-order valence-electron chi connectivity index (χ4n) is 1.58. The molecule has 0 bridgehead atoms. The van der Waals surface area contributed by atoms with E-state index >= 15 is 0 Å². The summed E-state index contributed by atoms with van der Waals surface area (Å²) in [7, 11) is -4.22. The summed E-state index contributed by atoms with van der Waals surface area (Å²) in [6.45, 7) is -0.0899. The van der Waals surface area contributed by atoms with Crippen molar-refractivity contribution in [1.82, 2.24) is 4.72 Å². The monoisotopic (exact) mass is 350 g/mol. The molecule has 10 heteroatoms. The van der Waals surface area contributed by atoms with E-state index in [2.05, 4.69) is 4.72 Å². The summed E-state index contributed by atoms with van der Waals surface area (Å²) in [5, 5.41) is 10.8. The lowest BCUT2D eigenvalue weighted by molar-refractivity contribution is -0.390. The molecule has 2 rings (SSSR count). The molecule has 1 N–H and O–H groups in total. The second kappa shape index (κ2) is 6.06. The van der Waals surface area contributed by atoms with E-state index in [-0.39, 0.29) is 6.54 Å². The van der Waals surface area contributed by atoms with Gasteiger partial charge in [-0.3, -0.25) is 10.1 Å². The first-order valence-electron chi connectivity index (χ1n) is 5.48. The van der Waals surface area contributed by atoms with Crippen molar-refractivity contribution < 1.29 is 17.7 Å². The van der Waals surface area contributed by atoms with E-state index in [9.17, 15) is 22.9 Å². The molecule has 0 atom stereocenters. The number of nitrogens with zero attached hydrogens (tertiary/aromatic N) is 1. The number of halogens is 2. The highest BCUT2D eigenvalue weighted by Gasteiger charge is 2.29. The van der Waals surface area contributed by atoms with Crippen LogP contribution < -0.4 is 4.72 Å². The zero-order chi connectivity index (χ0) is 15.6. The van der Waals surface area contributed by atoms with Crippen molar-refractivity contribution in [2.75, 3.05) is 0 Å². The molecule has 1 aromatic carbocycles. The molecule has 1 aromatic heterocycles. The highest BCUT2D eigenvalue weighted by molar-refractivity contribution is 7.89. The molecule has 1 heterocycles. The van der Waals surface area contributed by atoms with Crippen LogP contribution in [0.3, 0.4) is 0 Å². The van der Waals surface area contributed by atoms with Gasteiger partial charge >= 0.3 is 5.69 Å². The number of hydrogen-bond acceptors (Lipinski definition) is 5. The number of thiophene rings is 1. The lowest BCUT2D eigenvalue weighted by Crippen LogP contribution is -2.24. The van der Waals surface area contributed by atoms with Gasteiger partial charge in [-0.25, -0.2) is 13.1 Å². The smallest absolute Gasteiger partial charge is 0.258 e. The Bertz CT molecular complexity index is 791. The number of para-hydroxylation sites is 1. The Morgan fingerprint density at radius 2 is 2.05 bits per heavy atom. The fraction of sp³-hybridized carbons (Fsp3) is 0.0909. The highest BCUT2D eigenvalue weighted by Crippen LogP contribution is 2.27. The summed E-state index contributed by atoms with van der Waals surface area (Å²) in [5.41, 5.74) is -1.07. The van der Waals surface area contributed by atoms with Gasteiger partial charge in [0.25, 0.3) is 0 Å². The van der Waals surface area contributed by atoms with Gasteiger partial charge in [-0.2, -0.15) is 4.39 Å². The molecule has 0 spiro atoms. The molecule has 0 radical (unpaired) electrons. The van der Waals surface area contributed by atoms with Crippen molar-refractivity contribution in [3.05, 3.63) is 55.5 Å². The number of sulfonamides is 1. The van der Waals surface area contributed by atoms with Crippen LogP contribution >= 0.6 is 22.9 Å². The molecule has 0 fully saturated rings. The first-order valence-corrected chi connectivity index (χ1v) is 8.16. The normalized spacial score (nSPS) is 11.5. The van der Waals surface area contributed by atoms with Gasteiger partial charge in [0.15, 0.2) is 4.90 Å². The first kappa shape index (κ1) is 15.8. The quantitative estimate of drug-likeness (QED) is 0.663. The standard InChI is InChI=1S/C11H8ClFN2O4S2/c12-10-5-4-7(20-10)6-14-21(18,19)9-3-1-2-8(13)11(9)15(16)17/h1-5,14H,6H2. The Morgan fingerprint density at radius 3 is 2.62 bits per heavy atom. The zero-order valence-corrected chi connectivity index (χ0v) is 12.6. The van der Waals surface area contributed by atoms with E-state index in [4.69, 9.17) is 11.6 Å². The predicted molar refractivity (Wildman–Crippen MR) is 76.4 cm³/mol. The lowest BCUT2D eigenvalue weighted by Gasteiger charge is -2.06. The molecule has 2 aromatic rings. The van der Waals surface area contributed by atoms with Crippen LogP contribution in [0.2, 0.25) is 4.34 Å². The molecule has 0 aliphatic carbocycles. The van der Waals surface area contributed by atoms with E-state index in [1.54, 1.807) is 12.1 Å². The molecule has 21 heavy (non-hydrogen) atoms. The van der Waals surface area contributed by atoms with E-state index in [0.29, 0.717) is 9.21 Å². The van der Waals surface area contributed by atoms with Crippen LogP contribution in [0.4, 0.5) is 10.1 Å². The van der Waals surface area contributed by atoms with E-state index in [0.717, 1.165) is 18.2 Å². The van der Waals surface area contributed by atoms with Crippen molar-refractivity contribution in [3.63, 3.8) is 0 Å². The molecule has 0 saturated carbocycles. The summed E-state index contributed by atoms with van der Waals surface area (Å²) in [6.07, 6.45) is 0. The number of benzene rings is 1. The summed E-state index contributed by atoms with van der Waals surface area (Å²) < 4.78 is 40.3. The zero-order valence-electron chi connectivity index (χ0n) is 10.2. The van der Waals surface area contributed by atoms with Gasteiger partial charge in [-0.15, -0.1) is 11.3 Å². The predicted octanol–water partition coefficient (Wildman–Crippen LogP) is 2.93. The Labute approximate surface area is 128 Å². The van der Waals surface area contributed by atoms with Crippen molar-refractivity contribution in [2.24, 2.45) is 0 Å². The minimum absolute atomic E-state index is 0.0899. The maximum absolute atomic E-state index is 13.4. The van der Waals surface area contributed by atoms with Crippen LogP contribution in [-0.4, -0.2) is 13.3 Å². The van der Waals surface area contributed by atoms with E-state index in [1.807, 2.05) is 0 Å². The SMILES string of the molecule is O=[N+]([O-])c1c(F)cccc1S(=O)(=O)NCc1ccc(Cl)s1. The maximum Gasteiger partial charge on any atom is 0.324 e. The summed E-state index contributed by atoms with van der Waals surface area (Å²) in [6, 6.07) is 6.12. The van der Waals surface area contributed by atoms with Crippen LogP contribution in [0.5, 0.6) is 0 Å². The minimum atomic E-state index is -4.22. The molecule has 6 nitrogen and oxygen atoms in total. The Hall–Kier alpha value is -1.55. The molecule has 0 aliphatic rings. The third-order valence-corrected chi connectivity index (χ3v) is 5.15. The number of hydrogen-bond donors (Lipinski definition) is 1. The first-order chi connectivity index (χ1) is 9.81. The topological polar surface area (TPSA) is 89.3 Å². The summed E-state index contributed by atoms with van der Waals surface area (Å²) in [5.74, 6) is -1.21. The van der Waals surface area contributed by atoms with Gasteiger partial charge in [0.2, 0.25) is 15.8 Å². The Morgan fingerprint density at radius 1 is 1.33 bits per heavy atom. The van der Waals surface area contributed by atoms with Gasteiger partial charge < -0.3 is 0 Å². The van der Waals surface area contributed by atoms with Gasteiger partial charge in [0.05, 0.1) is 9.26 Å². The van der Waals surface area contributed by atoms with Crippen molar-refractivity contribution >= 4 is 38.6 Å². The van der Waals surface area contributed by atoms with Crippen LogP contribution in [0.15, 0.2) is 35.2 Å². The van der Waals surface area contributed by atoms with Crippen molar-refractivity contribution in [2.45, 2.75) is 11.4 Å². The molecule has 0 unspecified atom stereocenters. The third-order valence-electron chi connectivity index (χ3n) is 2.49. The number of nitrogens with one attached hydrogen (secondary N) is 1. The lowest BCUT2D eigenvalue weighted by atomic mass is 10.3. The minimum Gasteiger partial charge on any atom is -0.258 e. The van der Waals surface area contributed by atoms with Gasteiger partial charge in [-0.05, 0) is 24.3 Å². The second-order valence-corrected chi connectivity index (χ2v) is 7.41. The summed E-state index contributed by atoms with van der Waals surface area (Å²) >= 11 is 6.89. The molecular weight excluding hydrogens is 343 g/mol. The largest absolute Gasteiger partial charge is 0.324 e. The third kappa shape index (κ3) is 3.56. The van der Waals surface area contributed by atoms with E-state index in [1.165, 1.54) is 11.3 Å². The molecule has 0 saturated heterocycles. The average molecular weight is 351 g/mol. The van der Waals surface area contributed by atoms with Gasteiger partial charge in [0.1, 0.15) is 0 Å². The van der Waals surface area contributed by atoms with Crippen LogP contribution in [0.1, 0.15) is 4.88 Å². The Balaban J connectivity index is 2.32. The van der Waals surface area contributed by atoms with Gasteiger partial charge in [0, 0.05) is 11.4 Å². The molecule has 0 aliphatic heterocycles. The van der Waals surface area contributed by atoms with Crippen LogP contribution in [0, 0.1) is 15.9 Å². The molecule has 0 amide bonds. The molecular formula is C11H8ClFN2O4S2. The summed E-state index contributed by atoms with van der Waals surface area (Å²) in [4.78, 5) is 9.68. The highest BCUT2D eigenvalue weighted by atomic mass is 35.5. The number of rotatable bonds is 5. The van der Waals surface area contributed by atoms with Gasteiger partial charge in [-0.1, -0.05) is 17.7 Å². The van der Waals surface area contributed by atoms with Crippen LogP contribution in [-0.2, 0) is 16.6 Å². The van der Waals surface area contributed by atoms with Crippen LogP contribution in [0.25, 0.3) is 0 Å². The van der Waals surface area contributed by atoms with Crippen molar-refractivity contribution in [1.29, 1.82) is 0 Å². The molecule has 112 valence electrons. The maximum atomic E-state index is 13.4. The number of nitro groups is 1. The Kier molecular flexibility index (Phi) is 4.57. The average Bonchev–Trinajstić information content (AvgIpc) is 2.82. The number of nitro benzene ring substituents is 1. The fourth-order valence-corrected chi connectivity index (χ4v) is 3.88. The second-order valence-electron chi connectivity index (χ2n) is 3.87. The van der Waals surface area contributed by atoms with Crippen molar-refractivity contribution in [3.8, 4) is 0 Å². The van der Waals surface area contributed by atoms with E-state index < -0.39 is 31.3 Å².